The fourth-order valence-electron chi connectivity index (χ4n) is 4.55. The van der Waals surface area contributed by atoms with Crippen molar-refractivity contribution in [1.29, 1.82) is 0 Å². The van der Waals surface area contributed by atoms with Crippen molar-refractivity contribution in [3.63, 3.8) is 0 Å². The Labute approximate surface area is 170 Å². The molecule has 29 heavy (non-hydrogen) atoms. The van der Waals surface area contributed by atoms with Crippen LogP contribution in [0.3, 0.4) is 0 Å². The maximum atomic E-state index is 13.1. The van der Waals surface area contributed by atoms with Gasteiger partial charge in [0.2, 0.25) is 0 Å². The predicted octanol–water partition coefficient (Wildman–Crippen LogP) is 3.74. The van der Waals surface area contributed by atoms with E-state index in [1.165, 1.54) is 24.2 Å². The van der Waals surface area contributed by atoms with Gasteiger partial charge in [-0.25, -0.2) is 9.78 Å². The van der Waals surface area contributed by atoms with Crippen molar-refractivity contribution >= 4 is 12.0 Å². The highest BCUT2D eigenvalue weighted by Gasteiger charge is 2.31. The number of benzene rings is 1. The summed E-state index contributed by atoms with van der Waals surface area (Å²) < 4.78 is 2.00. The Morgan fingerprint density at radius 3 is 2.55 bits per heavy atom. The molecule has 0 radical (unpaired) electrons. The lowest BCUT2D eigenvalue weighted by Crippen LogP contribution is -2.41. The molecule has 1 unspecified atom stereocenters. The zero-order chi connectivity index (χ0) is 20.4. The first kappa shape index (κ1) is 19.5. The quantitative estimate of drug-likeness (QED) is 0.824. The molecule has 2 heterocycles. The zero-order valence-corrected chi connectivity index (χ0v) is 16.8. The van der Waals surface area contributed by atoms with Crippen LogP contribution in [-0.4, -0.2) is 44.1 Å². The van der Waals surface area contributed by atoms with Crippen molar-refractivity contribution in [2.75, 3.05) is 6.54 Å². The number of nitrogens with one attached hydrogen (secondary N) is 1. The highest BCUT2D eigenvalue weighted by molar-refractivity contribution is 5.94. The molecule has 4 rings (SSSR count). The van der Waals surface area contributed by atoms with Gasteiger partial charge in [-0.1, -0.05) is 49.6 Å². The molecule has 1 aromatic carbocycles. The van der Waals surface area contributed by atoms with Crippen molar-refractivity contribution in [2.45, 2.75) is 58.2 Å². The Balaban J connectivity index is 1.64. The summed E-state index contributed by atoms with van der Waals surface area (Å²) in [4.78, 5) is 30.7. The second-order valence-corrected chi connectivity index (χ2v) is 8.11. The fraction of sp³-hybridized carbons (Fsp3) is 0.500. The molecule has 7 nitrogen and oxygen atoms in total. The van der Waals surface area contributed by atoms with E-state index in [1.54, 1.807) is 0 Å². The maximum Gasteiger partial charge on any atom is 0.407 e. The molecule has 2 aliphatic rings. The van der Waals surface area contributed by atoms with E-state index in [9.17, 15) is 14.7 Å². The molecule has 2 N–H and O–H groups in total. The summed E-state index contributed by atoms with van der Waals surface area (Å²) in [7, 11) is 0. The highest BCUT2D eigenvalue weighted by Crippen LogP contribution is 2.28. The van der Waals surface area contributed by atoms with Crippen molar-refractivity contribution in [2.24, 2.45) is 5.92 Å². The highest BCUT2D eigenvalue weighted by atomic mass is 16.4. The smallest absolute Gasteiger partial charge is 0.407 e. The van der Waals surface area contributed by atoms with Crippen LogP contribution in [0.25, 0.3) is 11.4 Å². The van der Waals surface area contributed by atoms with Crippen LogP contribution < -0.4 is 5.32 Å². The van der Waals surface area contributed by atoms with E-state index >= 15 is 0 Å². The van der Waals surface area contributed by atoms with Gasteiger partial charge in [0.05, 0.1) is 12.2 Å². The average molecular weight is 396 g/mol. The van der Waals surface area contributed by atoms with Crippen LogP contribution in [0, 0.1) is 5.92 Å². The van der Waals surface area contributed by atoms with Crippen molar-refractivity contribution in [3.8, 4) is 11.4 Å². The summed E-state index contributed by atoms with van der Waals surface area (Å²) in [6, 6.07) is 9.83. The summed E-state index contributed by atoms with van der Waals surface area (Å²) in [6.45, 7) is 3.12. The van der Waals surface area contributed by atoms with Gasteiger partial charge in [-0.05, 0) is 25.7 Å². The lowest BCUT2D eigenvalue weighted by Gasteiger charge is -2.29. The first-order valence-electron chi connectivity index (χ1n) is 10.5. The molecule has 0 spiro atoms. The molecule has 154 valence electrons. The molecule has 0 saturated heterocycles. The molecule has 1 aromatic heterocycles. The second-order valence-electron chi connectivity index (χ2n) is 8.11. The first-order valence-corrected chi connectivity index (χ1v) is 10.5. The monoisotopic (exact) mass is 396 g/mol. The van der Waals surface area contributed by atoms with Crippen LogP contribution in [0.5, 0.6) is 0 Å². The topological polar surface area (TPSA) is 87.5 Å². The average Bonchev–Trinajstić information content (AvgIpc) is 3.14. The number of aromatic nitrogens is 2. The number of rotatable bonds is 4. The molecular formula is C22H28N4O3. The Morgan fingerprint density at radius 2 is 1.86 bits per heavy atom. The van der Waals surface area contributed by atoms with Gasteiger partial charge in [-0.2, -0.15) is 0 Å². The SMILES string of the molecule is CC(NC(=O)c1nc(-c2ccccc2)n2c1CN(C(=O)O)CC2)C1CCCCC1. The normalized spacial score (nSPS) is 18.2. The second kappa shape index (κ2) is 8.27. The molecule has 1 atom stereocenters. The summed E-state index contributed by atoms with van der Waals surface area (Å²) in [5.74, 6) is 1.01. The summed E-state index contributed by atoms with van der Waals surface area (Å²) >= 11 is 0. The van der Waals surface area contributed by atoms with Crippen LogP contribution in [0.15, 0.2) is 30.3 Å². The predicted molar refractivity (Wildman–Crippen MR) is 110 cm³/mol. The van der Waals surface area contributed by atoms with Crippen LogP contribution in [0.4, 0.5) is 4.79 Å². The van der Waals surface area contributed by atoms with E-state index in [2.05, 4.69) is 17.2 Å². The number of amides is 2. The summed E-state index contributed by atoms with van der Waals surface area (Å²) in [5.41, 5.74) is 1.94. The third-order valence-corrected chi connectivity index (χ3v) is 6.24. The Bertz CT molecular complexity index is 887. The van der Waals surface area contributed by atoms with Crippen molar-refractivity contribution < 1.29 is 14.7 Å². The van der Waals surface area contributed by atoms with E-state index < -0.39 is 6.09 Å². The van der Waals surface area contributed by atoms with Gasteiger partial charge in [-0.3, -0.25) is 4.79 Å². The number of carbonyl (C=O) groups is 2. The fourth-order valence-corrected chi connectivity index (χ4v) is 4.55. The molecule has 1 saturated carbocycles. The van der Waals surface area contributed by atoms with Crippen LogP contribution in [0.2, 0.25) is 0 Å². The molecule has 2 amide bonds. The number of carboxylic acid groups (broad SMARTS) is 1. The lowest BCUT2D eigenvalue weighted by atomic mass is 9.84. The van der Waals surface area contributed by atoms with Gasteiger partial charge in [0, 0.05) is 24.7 Å². The number of hydrogen-bond acceptors (Lipinski definition) is 3. The summed E-state index contributed by atoms with van der Waals surface area (Å²) in [5, 5.41) is 12.6. The van der Waals surface area contributed by atoms with Crippen LogP contribution in [-0.2, 0) is 13.1 Å². The van der Waals surface area contributed by atoms with E-state index in [-0.39, 0.29) is 18.5 Å². The Kier molecular flexibility index (Phi) is 5.56. The third-order valence-electron chi connectivity index (χ3n) is 6.24. The van der Waals surface area contributed by atoms with E-state index in [4.69, 9.17) is 0 Å². The van der Waals surface area contributed by atoms with Crippen molar-refractivity contribution in [3.05, 3.63) is 41.7 Å². The maximum absolute atomic E-state index is 13.1. The third kappa shape index (κ3) is 3.99. The first-order chi connectivity index (χ1) is 14.0. The van der Waals surface area contributed by atoms with E-state index in [0.29, 0.717) is 30.4 Å². The van der Waals surface area contributed by atoms with E-state index in [0.717, 1.165) is 24.2 Å². The Morgan fingerprint density at radius 1 is 1.14 bits per heavy atom. The van der Waals surface area contributed by atoms with Crippen molar-refractivity contribution in [1.82, 2.24) is 19.8 Å². The molecule has 1 fully saturated rings. The van der Waals surface area contributed by atoms with Gasteiger partial charge in [0.15, 0.2) is 5.69 Å². The van der Waals surface area contributed by atoms with Crippen LogP contribution in [0.1, 0.15) is 55.2 Å². The minimum Gasteiger partial charge on any atom is -0.465 e. The number of hydrogen-bond donors (Lipinski definition) is 2. The number of imidazole rings is 1. The zero-order valence-electron chi connectivity index (χ0n) is 16.8. The van der Waals surface area contributed by atoms with Gasteiger partial charge in [0.1, 0.15) is 5.82 Å². The standard InChI is InChI=1S/C22H28N4O3/c1-15(16-8-4-2-5-9-16)23-21(27)19-18-14-25(22(28)29)12-13-26(18)20(24-19)17-10-6-3-7-11-17/h3,6-7,10-11,15-16H,2,4-5,8-9,12-14H2,1H3,(H,23,27)(H,28,29). The molecule has 0 bridgehead atoms. The van der Waals surface area contributed by atoms with Gasteiger partial charge in [0.25, 0.3) is 5.91 Å². The van der Waals surface area contributed by atoms with Gasteiger partial charge < -0.3 is 19.9 Å². The van der Waals surface area contributed by atoms with Gasteiger partial charge in [-0.15, -0.1) is 0 Å². The molecule has 2 aromatic rings. The molecular weight excluding hydrogens is 368 g/mol. The number of fused-ring (bicyclic) bond motifs is 1. The molecule has 1 aliphatic carbocycles. The molecule has 1 aliphatic heterocycles. The lowest BCUT2D eigenvalue weighted by molar-refractivity contribution is 0.0908. The number of carbonyl (C=O) groups excluding carboxylic acids is 1. The number of nitrogens with zero attached hydrogens (tertiary/aromatic N) is 3. The minimum atomic E-state index is -0.972. The van der Waals surface area contributed by atoms with E-state index in [1.807, 2.05) is 34.9 Å². The summed E-state index contributed by atoms with van der Waals surface area (Å²) in [6.07, 6.45) is 5.03. The minimum absolute atomic E-state index is 0.0829. The Hall–Kier alpha value is -2.83. The van der Waals surface area contributed by atoms with Crippen LogP contribution >= 0.6 is 0 Å². The molecule has 7 heteroatoms. The van der Waals surface area contributed by atoms with Gasteiger partial charge >= 0.3 is 6.09 Å². The largest absolute Gasteiger partial charge is 0.465 e.